The van der Waals surface area contributed by atoms with E-state index in [0.717, 1.165) is 31.7 Å². The Bertz CT molecular complexity index is 488. The van der Waals surface area contributed by atoms with E-state index in [1.165, 1.54) is 0 Å². The first kappa shape index (κ1) is 14.9. The fourth-order valence-electron chi connectivity index (χ4n) is 3.95. The van der Waals surface area contributed by atoms with Gasteiger partial charge in [0, 0.05) is 23.6 Å². The van der Waals surface area contributed by atoms with E-state index in [9.17, 15) is 14.7 Å². The fraction of sp³-hybridized carbons (Fsp3) is 0.750. The fourth-order valence-corrected chi connectivity index (χ4v) is 5.05. The van der Waals surface area contributed by atoms with Gasteiger partial charge in [-0.25, -0.2) is 0 Å². The molecule has 0 radical (unpaired) electrons. The Balaban J connectivity index is 1.75. The molecule has 4 nitrogen and oxygen atoms in total. The van der Waals surface area contributed by atoms with Crippen LogP contribution in [0.25, 0.3) is 0 Å². The maximum absolute atomic E-state index is 12.9. The van der Waals surface area contributed by atoms with E-state index in [1.54, 1.807) is 0 Å². The largest absolute Gasteiger partial charge is 0.481 e. The SMILES string of the molecule is CC1(C)CCN(C(=O)[C@H]2C3C=CC(C3)[C@H]2C(=O)O)CCS1. The topological polar surface area (TPSA) is 57.6 Å². The van der Waals surface area contributed by atoms with Gasteiger partial charge in [0.1, 0.15) is 0 Å². The van der Waals surface area contributed by atoms with Crippen molar-refractivity contribution in [2.75, 3.05) is 18.8 Å². The molecular weight excluding hydrogens is 286 g/mol. The smallest absolute Gasteiger partial charge is 0.307 e. The van der Waals surface area contributed by atoms with Crippen molar-refractivity contribution < 1.29 is 14.7 Å². The molecule has 2 bridgehead atoms. The lowest BCUT2D eigenvalue weighted by atomic mass is 9.82. The van der Waals surface area contributed by atoms with Gasteiger partial charge in [0.15, 0.2) is 0 Å². The van der Waals surface area contributed by atoms with E-state index < -0.39 is 11.9 Å². The molecule has 3 rings (SSSR count). The van der Waals surface area contributed by atoms with Crippen molar-refractivity contribution in [2.45, 2.75) is 31.4 Å². The molecule has 1 N–H and O–H groups in total. The third kappa shape index (κ3) is 2.72. The van der Waals surface area contributed by atoms with Gasteiger partial charge < -0.3 is 10.0 Å². The molecule has 0 aromatic carbocycles. The van der Waals surface area contributed by atoms with Gasteiger partial charge in [0.25, 0.3) is 0 Å². The maximum Gasteiger partial charge on any atom is 0.307 e. The second-order valence-corrected chi connectivity index (χ2v) is 8.82. The molecule has 21 heavy (non-hydrogen) atoms. The Labute approximate surface area is 130 Å². The molecule has 0 aromatic heterocycles. The van der Waals surface area contributed by atoms with Crippen LogP contribution in [-0.2, 0) is 9.59 Å². The van der Waals surface area contributed by atoms with Crippen molar-refractivity contribution in [1.29, 1.82) is 0 Å². The van der Waals surface area contributed by atoms with Gasteiger partial charge in [-0.05, 0) is 24.7 Å². The van der Waals surface area contributed by atoms with Crippen LogP contribution in [0.2, 0.25) is 0 Å². The molecule has 1 saturated heterocycles. The summed E-state index contributed by atoms with van der Waals surface area (Å²) in [5, 5.41) is 9.48. The Morgan fingerprint density at radius 2 is 1.86 bits per heavy atom. The molecule has 1 amide bonds. The first-order valence-corrected chi connectivity index (χ1v) is 8.71. The minimum atomic E-state index is -0.810. The molecule has 5 heteroatoms. The zero-order valence-corrected chi connectivity index (χ0v) is 13.4. The predicted octanol–water partition coefficient (Wildman–Crippen LogP) is 2.25. The first-order valence-electron chi connectivity index (χ1n) is 7.73. The van der Waals surface area contributed by atoms with E-state index in [0.29, 0.717) is 0 Å². The minimum absolute atomic E-state index is 0.0549. The van der Waals surface area contributed by atoms with Crippen LogP contribution in [0.15, 0.2) is 12.2 Å². The van der Waals surface area contributed by atoms with Crippen LogP contribution < -0.4 is 0 Å². The van der Waals surface area contributed by atoms with Gasteiger partial charge in [0.05, 0.1) is 11.8 Å². The van der Waals surface area contributed by atoms with Crippen molar-refractivity contribution >= 4 is 23.6 Å². The molecule has 1 saturated carbocycles. The standard InChI is InChI=1S/C16H23NO3S/c1-16(2)5-6-17(7-8-21-16)14(18)12-10-3-4-11(9-10)13(12)15(19)20/h3-4,10-13H,5-9H2,1-2H3,(H,19,20)/t10?,11?,12-,13+/m0/s1. The Kier molecular flexibility index (Phi) is 3.80. The second-order valence-electron chi connectivity index (χ2n) is 7.02. The number of carbonyl (C=O) groups excluding carboxylic acids is 1. The van der Waals surface area contributed by atoms with E-state index in [1.807, 2.05) is 22.7 Å². The summed E-state index contributed by atoms with van der Waals surface area (Å²) in [5.41, 5.74) is 0. The number of carboxylic acid groups (broad SMARTS) is 1. The van der Waals surface area contributed by atoms with Crippen molar-refractivity contribution in [3.05, 3.63) is 12.2 Å². The second kappa shape index (κ2) is 5.34. The first-order chi connectivity index (χ1) is 9.89. The highest BCUT2D eigenvalue weighted by atomic mass is 32.2. The Hall–Kier alpha value is -0.970. The van der Waals surface area contributed by atoms with Gasteiger partial charge in [-0.3, -0.25) is 9.59 Å². The average Bonchev–Trinajstić information content (AvgIpc) is 2.97. The molecular formula is C16H23NO3S. The summed E-state index contributed by atoms with van der Waals surface area (Å²) >= 11 is 1.90. The van der Waals surface area contributed by atoms with Gasteiger partial charge in [-0.1, -0.05) is 26.0 Å². The lowest BCUT2D eigenvalue weighted by Gasteiger charge is -2.30. The van der Waals surface area contributed by atoms with Crippen LogP contribution >= 0.6 is 11.8 Å². The maximum atomic E-state index is 12.9. The third-order valence-electron chi connectivity index (χ3n) is 5.18. The monoisotopic (exact) mass is 309 g/mol. The van der Waals surface area contributed by atoms with Gasteiger partial charge >= 0.3 is 5.97 Å². The predicted molar refractivity (Wildman–Crippen MR) is 83.1 cm³/mol. The molecule has 3 aliphatic rings. The van der Waals surface area contributed by atoms with Crippen LogP contribution in [0.5, 0.6) is 0 Å². The molecule has 2 fully saturated rings. The van der Waals surface area contributed by atoms with E-state index in [-0.39, 0.29) is 28.4 Å². The molecule has 1 heterocycles. The zero-order valence-electron chi connectivity index (χ0n) is 12.6. The van der Waals surface area contributed by atoms with Gasteiger partial charge in [0.2, 0.25) is 5.91 Å². The minimum Gasteiger partial charge on any atom is -0.481 e. The van der Waals surface area contributed by atoms with Crippen molar-refractivity contribution in [1.82, 2.24) is 4.90 Å². The molecule has 116 valence electrons. The Morgan fingerprint density at radius 1 is 1.19 bits per heavy atom. The van der Waals surface area contributed by atoms with Gasteiger partial charge in [-0.15, -0.1) is 0 Å². The highest BCUT2D eigenvalue weighted by molar-refractivity contribution is 8.00. The summed E-state index contributed by atoms with van der Waals surface area (Å²) in [6, 6.07) is 0. The van der Waals surface area contributed by atoms with E-state index >= 15 is 0 Å². The van der Waals surface area contributed by atoms with Crippen LogP contribution in [0, 0.1) is 23.7 Å². The zero-order chi connectivity index (χ0) is 15.2. The molecule has 2 aliphatic carbocycles. The average molecular weight is 309 g/mol. The van der Waals surface area contributed by atoms with Gasteiger partial charge in [-0.2, -0.15) is 11.8 Å². The lowest BCUT2D eigenvalue weighted by Crippen LogP contribution is -2.44. The van der Waals surface area contributed by atoms with E-state index in [2.05, 4.69) is 19.9 Å². The molecule has 2 unspecified atom stereocenters. The number of amides is 1. The molecule has 0 spiro atoms. The number of carboxylic acids is 1. The number of hydrogen-bond acceptors (Lipinski definition) is 3. The van der Waals surface area contributed by atoms with Crippen LogP contribution in [0.4, 0.5) is 0 Å². The lowest BCUT2D eigenvalue weighted by molar-refractivity contribution is -0.151. The van der Waals surface area contributed by atoms with E-state index in [4.69, 9.17) is 0 Å². The molecule has 4 atom stereocenters. The number of rotatable bonds is 2. The number of aliphatic carboxylic acids is 1. The van der Waals surface area contributed by atoms with Crippen LogP contribution in [-0.4, -0.2) is 45.5 Å². The number of hydrogen-bond donors (Lipinski definition) is 1. The van der Waals surface area contributed by atoms with Crippen LogP contribution in [0.1, 0.15) is 26.7 Å². The number of allylic oxidation sites excluding steroid dienone is 2. The Morgan fingerprint density at radius 3 is 2.52 bits per heavy atom. The summed E-state index contributed by atoms with van der Waals surface area (Å²) in [6.45, 7) is 5.93. The van der Waals surface area contributed by atoms with Crippen molar-refractivity contribution in [2.24, 2.45) is 23.7 Å². The summed E-state index contributed by atoms with van der Waals surface area (Å²) in [7, 11) is 0. The third-order valence-corrected chi connectivity index (χ3v) is 6.55. The normalized spacial score (nSPS) is 37.5. The number of nitrogens with zero attached hydrogens (tertiary/aromatic N) is 1. The molecule has 0 aromatic rings. The molecule has 1 aliphatic heterocycles. The van der Waals surface area contributed by atoms with Crippen LogP contribution in [0.3, 0.4) is 0 Å². The van der Waals surface area contributed by atoms with Crippen molar-refractivity contribution in [3.8, 4) is 0 Å². The highest BCUT2D eigenvalue weighted by Crippen LogP contribution is 2.49. The van der Waals surface area contributed by atoms with Crippen molar-refractivity contribution in [3.63, 3.8) is 0 Å². The number of fused-ring (bicyclic) bond motifs is 2. The number of thioether (sulfide) groups is 1. The summed E-state index contributed by atoms with van der Waals surface area (Å²) in [6.07, 6.45) is 5.86. The summed E-state index contributed by atoms with van der Waals surface area (Å²) in [5.74, 6) is -0.480. The summed E-state index contributed by atoms with van der Waals surface area (Å²) < 4.78 is 0.204. The summed E-state index contributed by atoms with van der Waals surface area (Å²) in [4.78, 5) is 26.4. The highest BCUT2D eigenvalue weighted by Gasteiger charge is 2.52. The number of carbonyl (C=O) groups is 2. The quantitative estimate of drug-likeness (QED) is 0.795.